The Morgan fingerprint density at radius 1 is 1.14 bits per heavy atom. The molecule has 1 aromatic carbocycles. The van der Waals surface area contributed by atoms with Crippen LogP contribution in [-0.4, -0.2) is 5.66 Å². The van der Waals surface area contributed by atoms with Crippen LogP contribution >= 0.6 is 0 Å². The van der Waals surface area contributed by atoms with Crippen LogP contribution in [0.25, 0.3) is 0 Å². The number of fused-ring (bicyclic) bond motifs is 1. The molecule has 0 atom stereocenters. The van der Waals surface area contributed by atoms with Crippen molar-refractivity contribution < 1.29 is 0 Å². The Hall–Kier alpha value is -1.18. The quantitative estimate of drug-likeness (QED) is 0.763. The first-order valence-electron chi connectivity index (χ1n) is 5.39. The molecule has 2 nitrogen and oxygen atoms in total. The van der Waals surface area contributed by atoms with Gasteiger partial charge in [0, 0.05) is 0 Å². The van der Waals surface area contributed by atoms with Crippen molar-refractivity contribution in [2.45, 2.75) is 38.8 Å². The molecule has 2 N–H and O–H groups in total. The number of hydrogen-bond acceptors (Lipinski definition) is 2. The lowest BCUT2D eigenvalue weighted by Gasteiger charge is -2.25. The minimum absolute atomic E-state index is 0.0553. The third kappa shape index (κ3) is 1.69. The molecule has 1 aromatic rings. The highest BCUT2D eigenvalue weighted by molar-refractivity contribution is 5.75. The molecule has 0 bridgehead atoms. The molecule has 0 aliphatic carbocycles. The molecule has 1 heterocycles. The standard InChI is InChI=1S/C12H18N2/c1-3-4-9-12(2)13-10-7-5-6-8-11(10)14-12/h5-8,13-14H,3-4,9H2,1-2H3. The zero-order valence-electron chi connectivity index (χ0n) is 8.93. The molecule has 0 radical (unpaired) electrons. The zero-order chi connectivity index (χ0) is 10.0. The van der Waals surface area contributed by atoms with Gasteiger partial charge in [-0.25, -0.2) is 0 Å². The SMILES string of the molecule is CCCCC1(C)Nc2ccccc2N1. The minimum atomic E-state index is 0.0553. The summed E-state index contributed by atoms with van der Waals surface area (Å²) in [5.41, 5.74) is 2.51. The van der Waals surface area contributed by atoms with E-state index in [-0.39, 0.29) is 5.66 Å². The number of anilines is 2. The lowest BCUT2D eigenvalue weighted by atomic mass is 10.1. The topological polar surface area (TPSA) is 24.1 Å². The van der Waals surface area contributed by atoms with Crippen LogP contribution in [0.1, 0.15) is 33.1 Å². The monoisotopic (exact) mass is 190 g/mol. The first-order chi connectivity index (χ1) is 6.73. The predicted molar refractivity (Wildman–Crippen MR) is 61.6 cm³/mol. The second kappa shape index (κ2) is 3.52. The van der Waals surface area contributed by atoms with E-state index in [1.54, 1.807) is 0 Å². The second-order valence-electron chi connectivity index (χ2n) is 4.23. The van der Waals surface area contributed by atoms with E-state index in [1.807, 2.05) is 0 Å². The van der Waals surface area contributed by atoms with Crippen LogP contribution in [-0.2, 0) is 0 Å². The Morgan fingerprint density at radius 2 is 1.71 bits per heavy atom. The molecule has 14 heavy (non-hydrogen) atoms. The summed E-state index contributed by atoms with van der Waals surface area (Å²) in [6, 6.07) is 8.39. The lowest BCUT2D eigenvalue weighted by Crippen LogP contribution is -2.37. The summed E-state index contributed by atoms with van der Waals surface area (Å²) in [4.78, 5) is 0. The maximum Gasteiger partial charge on any atom is 0.105 e. The van der Waals surface area contributed by atoms with Crippen molar-refractivity contribution in [2.75, 3.05) is 10.6 Å². The second-order valence-corrected chi connectivity index (χ2v) is 4.23. The van der Waals surface area contributed by atoms with Crippen LogP contribution in [0, 0.1) is 0 Å². The maximum atomic E-state index is 3.53. The van der Waals surface area contributed by atoms with Gasteiger partial charge in [-0.2, -0.15) is 0 Å². The maximum absolute atomic E-state index is 3.53. The molecule has 76 valence electrons. The number of para-hydroxylation sites is 2. The summed E-state index contributed by atoms with van der Waals surface area (Å²) < 4.78 is 0. The summed E-state index contributed by atoms with van der Waals surface area (Å²) in [5, 5.41) is 7.07. The van der Waals surface area contributed by atoms with Gasteiger partial charge in [-0.05, 0) is 31.9 Å². The molecule has 0 spiro atoms. The smallest absolute Gasteiger partial charge is 0.105 e. The molecule has 1 aliphatic rings. The van der Waals surface area contributed by atoms with Gasteiger partial charge in [0.05, 0.1) is 11.4 Å². The van der Waals surface area contributed by atoms with Gasteiger partial charge >= 0.3 is 0 Å². The third-order valence-electron chi connectivity index (χ3n) is 2.78. The molecule has 0 amide bonds. The van der Waals surface area contributed by atoms with Crippen LogP contribution in [0.4, 0.5) is 11.4 Å². The molecule has 0 unspecified atom stereocenters. The first kappa shape index (κ1) is 9.38. The summed E-state index contributed by atoms with van der Waals surface area (Å²) >= 11 is 0. The van der Waals surface area contributed by atoms with Crippen LogP contribution in [0.3, 0.4) is 0 Å². The average molecular weight is 190 g/mol. The fourth-order valence-electron chi connectivity index (χ4n) is 1.98. The van der Waals surface area contributed by atoms with E-state index < -0.39 is 0 Å². The van der Waals surface area contributed by atoms with Gasteiger partial charge in [0.1, 0.15) is 5.66 Å². The van der Waals surface area contributed by atoms with E-state index in [1.165, 1.54) is 24.2 Å². The van der Waals surface area contributed by atoms with E-state index >= 15 is 0 Å². The van der Waals surface area contributed by atoms with E-state index in [0.29, 0.717) is 0 Å². The van der Waals surface area contributed by atoms with E-state index in [4.69, 9.17) is 0 Å². The van der Waals surface area contributed by atoms with Gasteiger partial charge in [0.25, 0.3) is 0 Å². The fourth-order valence-corrected chi connectivity index (χ4v) is 1.98. The molecule has 1 aliphatic heterocycles. The summed E-state index contributed by atoms with van der Waals surface area (Å²) in [7, 11) is 0. The average Bonchev–Trinajstić information content (AvgIpc) is 2.51. The molecule has 2 heteroatoms. The predicted octanol–water partition coefficient (Wildman–Crippen LogP) is 3.43. The first-order valence-corrected chi connectivity index (χ1v) is 5.39. The number of hydrogen-bond donors (Lipinski definition) is 2. The molecule has 0 fully saturated rings. The van der Waals surface area contributed by atoms with Crippen LogP contribution in [0.5, 0.6) is 0 Å². The third-order valence-corrected chi connectivity index (χ3v) is 2.78. The Kier molecular flexibility index (Phi) is 2.36. The van der Waals surface area contributed by atoms with Crippen molar-refractivity contribution >= 4 is 11.4 Å². The minimum Gasteiger partial charge on any atom is -0.361 e. The number of unbranched alkanes of at least 4 members (excludes halogenated alkanes) is 1. The van der Waals surface area contributed by atoms with Crippen molar-refractivity contribution in [2.24, 2.45) is 0 Å². The van der Waals surface area contributed by atoms with Gasteiger partial charge < -0.3 is 10.6 Å². The normalized spacial score (nSPS) is 17.0. The van der Waals surface area contributed by atoms with Crippen molar-refractivity contribution in [3.63, 3.8) is 0 Å². The summed E-state index contributed by atoms with van der Waals surface area (Å²) in [5.74, 6) is 0. The van der Waals surface area contributed by atoms with Crippen LogP contribution in [0.15, 0.2) is 24.3 Å². The Morgan fingerprint density at radius 3 is 2.21 bits per heavy atom. The van der Waals surface area contributed by atoms with Crippen LogP contribution in [0.2, 0.25) is 0 Å². The molecule has 0 saturated carbocycles. The number of nitrogens with one attached hydrogen (secondary N) is 2. The molecular formula is C12H18N2. The van der Waals surface area contributed by atoms with Gasteiger partial charge in [-0.3, -0.25) is 0 Å². The van der Waals surface area contributed by atoms with Gasteiger partial charge in [0.15, 0.2) is 0 Å². The van der Waals surface area contributed by atoms with E-state index in [2.05, 4.69) is 48.7 Å². The van der Waals surface area contributed by atoms with Crippen molar-refractivity contribution in [1.82, 2.24) is 0 Å². The zero-order valence-corrected chi connectivity index (χ0v) is 8.93. The van der Waals surface area contributed by atoms with Gasteiger partial charge in [-0.1, -0.05) is 25.5 Å². The largest absolute Gasteiger partial charge is 0.361 e. The number of rotatable bonds is 3. The highest BCUT2D eigenvalue weighted by Gasteiger charge is 2.29. The van der Waals surface area contributed by atoms with E-state index in [9.17, 15) is 0 Å². The molecular weight excluding hydrogens is 172 g/mol. The van der Waals surface area contributed by atoms with Gasteiger partial charge in [0.2, 0.25) is 0 Å². The van der Waals surface area contributed by atoms with Crippen molar-refractivity contribution in [3.05, 3.63) is 24.3 Å². The Bertz CT molecular complexity index is 295. The summed E-state index contributed by atoms with van der Waals surface area (Å²) in [6.07, 6.45) is 3.66. The molecule has 2 rings (SSSR count). The lowest BCUT2D eigenvalue weighted by molar-refractivity contribution is 0.518. The van der Waals surface area contributed by atoms with Crippen LogP contribution < -0.4 is 10.6 Å². The Labute approximate surface area is 85.7 Å². The Balaban J connectivity index is 2.09. The van der Waals surface area contributed by atoms with Crippen molar-refractivity contribution in [1.29, 1.82) is 0 Å². The van der Waals surface area contributed by atoms with Gasteiger partial charge in [-0.15, -0.1) is 0 Å². The van der Waals surface area contributed by atoms with Crippen molar-refractivity contribution in [3.8, 4) is 0 Å². The molecule has 0 saturated heterocycles. The summed E-state index contributed by atoms with van der Waals surface area (Å²) in [6.45, 7) is 4.45. The fraction of sp³-hybridized carbons (Fsp3) is 0.500. The van der Waals surface area contributed by atoms with E-state index in [0.717, 1.165) is 6.42 Å². The highest BCUT2D eigenvalue weighted by Crippen LogP contribution is 2.35. The number of benzene rings is 1. The molecule has 0 aromatic heterocycles. The highest BCUT2D eigenvalue weighted by atomic mass is 15.2.